The summed E-state index contributed by atoms with van der Waals surface area (Å²) >= 11 is 0. The van der Waals surface area contributed by atoms with E-state index in [4.69, 9.17) is 14.6 Å². The Labute approximate surface area is 159 Å². The van der Waals surface area contributed by atoms with Gasteiger partial charge in [-0.25, -0.2) is 9.59 Å². The van der Waals surface area contributed by atoms with E-state index in [-0.39, 0.29) is 24.5 Å². The Bertz CT molecular complexity index is 618. The third-order valence-electron chi connectivity index (χ3n) is 4.52. The molecule has 2 rings (SSSR count). The number of carboxylic acid groups (broad SMARTS) is 1. The Balaban J connectivity index is 1.73. The number of carbonyl (C=O) groups excluding carboxylic acids is 2. The topological polar surface area (TPSA) is 93.1 Å². The number of hydrogen-bond donors (Lipinski definition) is 1. The van der Waals surface area contributed by atoms with E-state index >= 15 is 0 Å². The highest BCUT2D eigenvalue weighted by Gasteiger charge is 2.29. The van der Waals surface area contributed by atoms with Crippen molar-refractivity contribution < 1.29 is 29.0 Å². The van der Waals surface area contributed by atoms with Gasteiger partial charge in [0.05, 0.1) is 6.61 Å². The van der Waals surface area contributed by atoms with Crippen LogP contribution in [-0.2, 0) is 25.5 Å². The maximum absolute atomic E-state index is 12.2. The zero-order chi connectivity index (χ0) is 19.5. The number of ketones is 1. The van der Waals surface area contributed by atoms with Crippen LogP contribution in [0.2, 0.25) is 0 Å². The van der Waals surface area contributed by atoms with E-state index in [1.807, 2.05) is 30.3 Å². The summed E-state index contributed by atoms with van der Waals surface area (Å²) in [5.74, 6) is -0.822. The van der Waals surface area contributed by atoms with Gasteiger partial charge in [0.2, 0.25) is 0 Å². The lowest BCUT2D eigenvalue weighted by atomic mass is 10.00. The molecule has 1 fully saturated rings. The smallest absolute Gasteiger partial charge is 0.410 e. The van der Waals surface area contributed by atoms with Crippen LogP contribution in [0.15, 0.2) is 30.3 Å². The number of aliphatic carboxylic acids is 1. The lowest BCUT2D eigenvalue weighted by molar-refractivity contribution is -0.142. The molecule has 0 aliphatic carbocycles. The molecule has 1 aliphatic rings. The number of hydrogen-bond acceptors (Lipinski definition) is 5. The van der Waals surface area contributed by atoms with Crippen molar-refractivity contribution in [2.24, 2.45) is 0 Å². The summed E-state index contributed by atoms with van der Waals surface area (Å²) < 4.78 is 10.1. The number of benzene rings is 1. The second kappa shape index (κ2) is 11.3. The highest BCUT2D eigenvalue weighted by Crippen LogP contribution is 2.19. The summed E-state index contributed by atoms with van der Waals surface area (Å²) in [6, 6.07) is 9.64. The van der Waals surface area contributed by atoms with Crippen LogP contribution in [0.25, 0.3) is 0 Å². The number of carboxylic acids is 1. The Hall–Kier alpha value is -2.41. The van der Waals surface area contributed by atoms with Crippen LogP contribution in [0.4, 0.5) is 4.79 Å². The number of nitrogens with zero attached hydrogens (tertiary/aromatic N) is 1. The molecule has 1 aliphatic heterocycles. The Morgan fingerprint density at radius 2 is 2.00 bits per heavy atom. The van der Waals surface area contributed by atoms with E-state index in [0.29, 0.717) is 51.9 Å². The van der Waals surface area contributed by atoms with Crippen molar-refractivity contribution in [3.8, 4) is 0 Å². The minimum atomic E-state index is -0.991. The molecule has 1 aromatic rings. The van der Waals surface area contributed by atoms with Crippen molar-refractivity contribution in [2.75, 3.05) is 26.4 Å². The molecular weight excluding hydrogens is 350 g/mol. The number of unbranched alkanes of at least 4 members (excludes halogenated alkanes) is 1. The number of Topliss-reactive ketones (excluding diaryl/α,β-unsaturated/α-hetero) is 1. The molecular formula is C20H27NO6. The summed E-state index contributed by atoms with van der Waals surface area (Å²) in [6.07, 6.45) is 3.23. The van der Waals surface area contributed by atoms with Gasteiger partial charge < -0.3 is 19.5 Å². The van der Waals surface area contributed by atoms with Gasteiger partial charge in [0, 0.05) is 38.5 Å². The lowest BCUT2D eigenvalue weighted by Crippen LogP contribution is -2.46. The molecule has 1 N–H and O–H groups in total. The molecule has 0 unspecified atom stereocenters. The Morgan fingerprint density at radius 1 is 1.22 bits per heavy atom. The van der Waals surface area contributed by atoms with Crippen molar-refractivity contribution >= 4 is 17.8 Å². The van der Waals surface area contributed by atoms with E-state index in [9.17, 15) is 14.4 Å². The third-order valence-corrected chi connectivity index (χ3v) is 4.52. The van der Waals surface area contributed by atoms with Crippen molar-refractivity contribution in [1.82, 2.24) is 4.90 Å². The first-order valence-electron chi connectivity index (χ1n) is 9.35. The molecule has 27 heavy (non-hydrogen) atoms. The fraction of sp³-hybridized carbons (Fsp3) is 0.550. The standard InChI is InChI=1S/C20H27NO6/c22-18(14-16-6-2-1-3-7-16)9-8-17-10-13-27-20(25)21(17)11-4-5-12-26-15-19(23)24/h1-3,6-7,17H,4-5,8-15H2,(H,23,24)/t17-/m0/s1. The maximum atomic E-state index is 12.2. The van der Waals surface area contributed by atoms with Crippen molar-refractivity contribution in [3.63, 3.8) is 0 Å². The zero-order valence-electron chi connectivity index (χ0n) is 15.5. The predicted molar refractivity (Wildman–Crippen MR) is 98.5 cm³/mol. The number of amides is 1. The van der Waals surface area contributed by atoms with Crippen LogP contribution in [0, 0.1) is 0 Å². The second-order valence-electron chi connectivity index (χ2n) is 6.64. The van der Waals surface area contributed by atoms with E-state index in [2.05, 4.69) is 0 Å². The van der Waals surface area contributed by atoms with Gasteiger partial charge in [-0.2, -0.15) is 0 Å². The monoisotopic (exact) mass is 377 g/mol. The molecule has 0 bridgehead atoms. The maximum Gasteiger partial charge on any atom is 0.410 e. The molecule has 1 aromatic carbocycles. The van der Waals surface area contributed by atoms with Gasteiger partial charge in [0.25, 0.3) is 0 Å². The highest BCUT2D eigenvalue weighted by molar-refractivity contribution is 5.81. The number of ether oxygens (including phenoxy) is 2. The van der Waals surface area contributed by atoms with E-state index < -0.39 is 5.97 Å². The second-order valence-corrected chi connectivity index (χ2v) is 6.64. The van der Waals surface area contributed by atoms with Gasteiger partial charge in [-0.15, -0.1) is 0 Å². The molecule has 1 heterocycles. The normalized spacial score (nSPS) is 16.8. The van der Waals surface area contributed by atoms with Gasteiger partial charge in [-0.3, -0.25) is 4.79 Å². The van der Waals surface area contributed by atoms with Crippen molar-refractivity contribution in [2.45, 2.75) is 44.6 Å². The van der Waals surface area contributed by atoms with Crippen LogP contribution in [0.3, 0.4) is 0 Å². The molecule has 1 saturated heterocycles. The molecule has 1 amide bonds. The Kier molecular flexibility index (Phi) is 8.77. The van der Waals surface area contributed by atoms with Gasteiger partial charge in [0.15, 0.2) is 0 Å². The number of carbonyl (C=O) groups is 3. The van der Waals surface area contributed by atoms with Gasteiger partial charge in [0.1, 0.15) is 12.4 Å². The summed E-state index contributed by atoms with van der Waals surface area (Å²) in [6.45, 7) is 0.939. The first kappa shape index (κ1) is 20.9. The van der Waals surface area contributed by atoms with E-state index in [0.717, 1.165) is 12.0 Å². The minimum Gasteiger partial charge on any atom is -0.480 e. The fourth-order valence-corrected chi connectivity index (χ4v) is 3.13. The Morgan fingerprint density at radius 3 is 2.74 bits per heavy atom. The molecule has 0 saturated carbocycles. The predicted octanol–water partition coefficient (Wildman–Crippen LogP) is 2.67. The first-order valence-corrected chi connectivity index (χ1v) is 9.35. The van der Waals surface area contributed by atoms with E-state index in [1.165, 1.54) is 0 Å². The first-order chi connectivity index (χ1) is 13.1. The molecule has 1 atom stereocenters. The van der Waals surface area contributed by atoms with Crippen molar-refractivity contribution in [1.29, 1.82) is 0 Å². The fourth-order valence-electron chi connectivity index (χ4n) is 3.13. The largest absolute Gasteiger partial charge is 0.480 e. The quantitative estimate of drug-likeness (QED) is 0.563. The third kappa shape index (κ3) is 7.78. The highest BCUT2D eigenvalue weighted by atomic mass is 16.6. The summed E-state index contributed by atoms with van der Waals surface area (Å²) in [7, 11) is 0. The number of cyclic esters (lactones) is 1. The van der Waals surface area contributed by atoms with Crippen LogP contribution in [-0.4, -0.2) is 60.3 Å². The average Bonchev–Trinajstić information content (AvgIpc) is 2.65. The summed E-state index contributed by atoms with van der Waals surface area (Å²) in [4.78, 5) is 36.4. The van der Waals surface area contributed by atoms with Gasteiger partial charge >= 0.3 is 12.1 Å². The summed E-state index contributed by atoms with van der Waals surface area (Å²) in [5, 5.41) is 8.52. The lowest BCUT2D eigenvalue weighted by Gasteiger charge is -2.35. The molecule has 0 aromatic heterocycles. The van der Waals surface area contributed by atoms with Crippen LogP contribution < -0.4 is 0 Å². The number of rotatable bonds is 12. The molecule has 7 heteroatoms. The molecule has 0 spiro atoms. The molecule has 0 radical (unpaired) electrons. The van der Waals surface area contributed by atoms with Crippen molar-refractivity contribution in [3.05, 3.63) is 35.9 Å². The van der Waals surface area contributed by atoms with E-state index in [1.54, 1.807) is 4.90 Å². The summed E-state index contributed by atoms with van der Waals surface area (Å²) in [5.41, 5.74) is 1.00. The van der Waals surface area contributed by atoms with Crippen LogP contribution >= 0.6 is 0 Å². The minimum absolute atomic E-state index is 0.00547. The van der Waals surface area contributed by atoms with Crippen LogP contribution in [0.1, 0.15) is 37.7 Å². The molecule has 7 nitrogen and oxygen atoms in total. The van der Waals surface area contributed by atoms with Gasteiger partial charge in [-0.05, 0) is 24.8 Å². The van der Waals surface area contributed by atoms with Crippen LogP contribution in [0.5, 0.6) is 0 Å². The SMILES string of the molecule is O=C(O)COCCCCN1C(=O)OCC[C@@H]1CCC(=O)Cc1ccccc1. The average molecular weight is 377 g/mol. The molecule has 148 valence electrons. The van der Waals surface area contributed by atoms with Gasteiger partial charge in [-0.1, -0.05) is 30.3 Å². The zero-order valence-corrected chi connectivity index (χ0v) is 15.5.